The minimum Gasteiger partial charge on any atom is -0.379 e. The van der Waals surface area contributed by atoms with Crippen molar-refractivity contribution in [3.63, 3.8) is 0 Å². The normalized spacial score (nSPS) is 10.6. The van der Waals surface area contributed by atoms with Crippen LogP contribution in [0.2, 0.25) is 0 Å². The molecule has 0 saturated carbocycles. The second-order valence-electron chi connectivity index (χ2n) is 7.34. The minimum absolute atomic E-state index is 0.682. The largest absolute Gasteiger partial charge is 0.379 e. The summed E-state index contributed by atoms with van der Waals surface area (Å²) >= 11 is 0. The number of nitrogens with zero attached hydrogens (tertiary/aromatic N) is 2. The lowest BCUT2D eigenvalue weighted by atomic mass is 10.0. The molecule has 0 unspecified atom stereocenters. The van der Waals surface area contributed by atoms with E-state index in [4.69, 9.17) is 0 Å². The number of aryl methyl sites for hydroxylation is 2. The number of nitrogens with one attached hydrogen (secondary N) is 2. The Bertz CT molecular complexity index is 1050. The third-order valence-corrected chi connectivity index (χ3v) is 4.96. The second kappa shape index (κ2) is 9.23. The standard InChI is InChI=1S/C26H26N4/c1-19-9-7-11-21(29-19)17-27-25-15-5-3-13-23(25)24-14-4-6-16-26(24)28-18-22-12-8-10-20(2)30-22/h3-16,27-28H,17-18H2,1-2H3. The third kappa shape index (κ3) is 4.84. The summed E-state index contributed by atoms with van der Waals surface area (Å²) in [7, 11) is 0. The lowest BCUT2D eigenvalue weighted by Gasteiger charge is -2.16. The molecule has 2 aromatic heterocycles. The zero-order chi connectivity index (χ0) is 20.8. The molecule has 2 heterocycles. The quantitative estimate of drug-likeness (QED) is 0.404. The molecule has 0 bridgehead atoms. The van der Waals surface area contributed by atoms with Crippen LogP contribution in [0.25, 0.3) is 11.1 Å². The monoisotopic (exact) mass is 394 g/mol. The van der Waals surface area contributed by atoms with Gasteiger partial charge in [0, 0.05) is 33.9 Å². The van der Waals surface area contributed by atoms with Gasteiger partial charge in [-0.3, -0.25) is 9.97 Å². The molecule has 0 fully saturated rings. The predicted molar refractivity (Wildman–Crippen MR) is 124 cm³/mol. The van der Waals surface area contributed by atoms with E-state index in [0.29, 0.717) is 13.1 Å². The first-order valence-electron chi connectivity index (χ1n) is 10.2. The fourth-order valence-electron chi connectivity index (χ4n) is 3.51. The molecule has 4 heteroatoms. The van der Waals surface area contributed by atoms with Crippen molar-refractivity contribution in [2.24, 2.45) is 0 Å². The van der Waals surface area contributed by atoms with E-state index in [0.717, 1.165) is 45.3 Å². The number of hydrogen-bond donors (Lipinski definition) is 2. The van der Waals surface area contributed by atoms with Crippen molar-refractivity contribution < 1.29 is 0 Å². The van der Waals surface area contributed by atoms with Crippen molar-refractivity contribution in [3.05, 3.63) is 108 Å². The molecular formula is C26H26N4. The zero-order valence-electron chi connectivity index (χ0n) is 17.4. The van der Waals surface area contributed by atoms with Gasteiger partial charge in [-0.25, -0.2) is 0 Å². The van der Waals surface area contributed by atoms with Gasteiger partial charge in [0.15, 0.2) is 0 Å². The highest BCUT2D eigenvalue weighted by Crippen LogP contribution is 2.34. The summed E-state index contributed by atoms with van der Waals surface area (Å²) in [5.74, 6) is 0. The molecule has 4 rings (SSSR count). The minimum atomic E-state index is 0.682. The van der Waals surface area contributed by atoms with Gasteiger partial charge in [0.25, 0.3) is 0 Å². The van der Waals surface area contributed by atoms with Crippen LogP contribution < -0.4 is 10.6 Å². The topological polar surface area (TPSA) is 49.8 Å². The van der Waals surface area contributed by atoms with Gasteiger partial charge in [-0.15, -0.1) is 0 Å². The van der Waals surface area contributed by atoms with Crippen molar-refractivity contribution in [1.29, 1.82) is 0 Å². The Hall–Kier alpha value is -3.66. The summed E-state index contributed by atoms with van der Waals surface area (Å²) in [5.41, 5.74) is 8.61. The van der Waals surface area contributed by atoms with Gasteiger partial charge < -0.3 is 10.6 Å². The van der Waals surface area contributed by atoms with Crippen LogP contribution in [-0.2, 0) is 13.1 Å². The highest BCUT2D eigenvalue weighted by molar-refractivity contribution is 5.86. The smallest absolute Gasteiger partial charge is 0.0597 e. The van der Waals surface area contributed by atoms with Crippen LogP contribution >= 0.6 is 0 Å². The highest BCUT2D eigenvalue weighted by atomic mass is 14.9. The number of rotatable bonds is 7. The van der Waals surface area contributed by atoms with Gasteiger partial charge in [0.05, 0.1) is 24.5 Å². The van der Waals surface area contributed by atoms with Crippen LogP contribution in [-0.4, -0.2) is 9.97 Å². The van der Waals surface area contributed by atoms with Gasteiger partial charge in [-0.2, -0.15) is 0 Å². The van der Waals surface area contributed by atoms with Gasteiger partial charge in [0.1, 0.15) is 0 Å². The van der Waals surface area contributed by atoms with Gasteiger partial charge in [-0.1, -0.05) is 48.5 Å². The van der Waals surface area contributed by atoms with Crippen molar-refractivity contribution >= 4 is 11.4 Å². The molecule has 0 saturated heterocycles. The predicted octanol–water partition coefficient (Wildman–Crippen LogP) is 5.98. The van der Waals surface area contributed by atoms with Gasteiger partial charge in [-0.05, 0) is 50.2 Å². The molecular weight excluding hydrogens is 368 g/mol. The fraction of sp³-hybridized carbons (Fsp3) is 0.154. The Morgan fingerprint density at radius 2 is 0.967 bits per heavy atom. The summed E-state index contributed by atoms with van der Waals surface area (Å²) in [6, 6.07) is 29.0. The number of anilines is 2. The zero-order valence-corrected chi connectivity index (χ0v) is 17.4. The fourth-order valence-corrected chi connectivity index (χ4v) is 3.51. The Morgan fingerprint density at radius 3 is 1.40 bits per heavy atom. The summed E-state index contributed by atoms with van der Waals surface area (Å²) in [5, 5.41) is 7.12. The van der Waals surface area contributed by atoms with Crippen LogP contribution in [0.5, 0.6) is 0 Å². The summed E-state index contributed by atoms with van der Waals surface area (Å²) < 4.78 is 0. The average Bonchev–Trinajstić information content (AvgIpc) is 2.77. The van der Waals surface area contributed by atoms with E-state index >= 15 is 0 Å². The average molecular weight is 395 g/mol. The molecule has 0 spiro atoms. The first-order chi connectivity index (χ1) is 14.7. The van der Waals surface area contributed by atoms with E-state index in [2.05, 4.69) is 69.1 Å². The van der Waals surface area contributed by atoms with Crippen LogP contribution in [0, 0.1) is 13.8 Å². The Labute approximate surface area is 178 Å². The summed E-state index contributed by atoms with van der Waals surface area (Å²) in [6.07, 6.45) is 0. The van der Waals surface area contributed by atoms with Crippen molar-refractivity contribution in [2.45, 2.75) is 26.9 Å². The van der Waals surface area contributed by atoms with Crippen molar-refractivity contribution in [2.75, 3.05) is 10.6 Å². The lowest BCUT2D eigenvalue weighted by Crippen LogP contribution is -2.05. The van der Waals surface area contributed by atoms with Crippen molar-refractivity contribution in [3.8, 4) is 11.1 Å². The SMILES string of the molecule is Cc1cccc(CNc2ccccc2-c2ccccc2NCc2cccc(C)n2)n1. The number of aromatic nitrogens is 2. The lowest BCUT2D eigenvalue weighted by molar-refractivity contribution is 1.01. The maximum atomic E-state index is 4.60. The summed E-state index contributed by atoms with van der Waals surface area (Å²) in [4.78, 5) is 9.19. The van der Waals surface area contributed by atoms with E-state index in [-0.39, 0.29) is 0 Å². The van der Waals surface area contributed by atoms with Gasteiger partial charge >= 0.3 is 0 Å². The molecule has 0 aliphatic carbocycles. The molecule has 0 aliphatic heterocycles. The molecule has 4 nitrogen and oxygen atoms in total. The maximum absolute atomic E-state index is 4.60. The van der Waals surface area contributed by atoms with Crippen LogP contribution in [0.1, 0.15) is 22.8 Å². The van der Waals surface area contributed by atoms with E-state index < -0.39 is 0 Å². The van der Waals surface area contributed by atoms with E-state index in [1.165, 1.54) is 0 Å². The number of pyridine rings is 2. The van der Waals surface area contributed by atoms with Crippen LogP contribution in [0.15, 0.2) is 84.9 Å². The first-order valence-corrected chi connectivity index (χ1v) is 10.2. The van der Waals surface area contributed by atoms with Crippen LogP contribution in [0.4, 0.5) is 11.4 Å². The maximum Gasteiger partial charge on any atom is 0.0597 e. The summed E-state index contributed by atoms with van der Waals surface area (Å²) in [6.45, 7) is 5.40. The molecule has 30 heavy (non-hydrogen) atoms. The molecule has 2 N–H and O–H groups in total. The first kappa shape index (κ1) is 19.6. The molecule has 4 aromatic rings. The second-order valence-corrected chi connectivity index (χ2v) is 7.34. The number of para-hydroxylation sites is 2. The molecule has 0 amide bonds. The van der Waals surface area contributed by atoms with E-state index in [1.807, 2.05) is 50.2 Å². The highest BCUT2D eigenvalue weighted by Gasteiger charge is 2.09. The van der Waals surface area contributed by atoms with E-state index in [9.17, 15) is 0 Å². The van der Waals surface area contributed by atoms with E-state index in [1.54, 1.807) is 0 Å². The molecule has 0 radical (unpaired) electrons. The third-order valence-electron chi connectivity index (χ3n) is 4.96. The number of benzene rings is 2. The number of hydrogen-bond acceptors (Lipinski definition) is 4. The van der Waals surface area contributed by atoms with Gasteiger partial charge in [0.2, 0.25) is 0 Å². The molecule has 150 valence electrons. The Balaban J connectivity index is 1.57. The molecule has 0 atom stereocenters. The van der Waals surface area contributed by atoms with Crippen molar-refractivity contribution in [1.82, 2.24) is 9.97 Å². The Kier molecular flexibility index (Phi) is 6.04. The van der Waals surface area contributed by atoms with Crippen LogP contribution in [0.3, 0.4) is 0 Å². The molecule has 0 aliphatic rings. The Morgan fingerprint density at radius 1 is 0.533 bits per heavy atom. The molecule has 2 aromatic carbocycles.